The Morgan fingerprint density at radius 1 is 0.282 bits per heavy atom. The highest BCUT2D eigenvalue weighted by Crippen LogP contribution is 2.60. The van der Waals surface area contributed by atoms with Crippen LogP contribution in [0.3, 0.4) is 0 Å². The number of rotatable bonds is 10. The fraction of sp³-hybridized carbons (Fsp3) is 0.0909. The van der Waals surface area contributed by atoms with Gasteiger partial charge in [-0.05, 0) is 160 Å². The van der Waals surface area contributed by atoms with Crippen LogP contribution < -0.4 is 26.2 Å². The van der Waals surface area contributed by atoms with Crippen molar-refractivity contribution in [2.75, 3.05) is 9.80 Å². The normalized spacial score (nSPS) is 13.4. The van der Waals surface area contributed by atoms with Gasteiger partial charge in [0.2, 0.25) is 0 Å². The summed E-state index contributed by atoms with van der Waals surface area (Å²) in [5, 5.41) is 2.45. The maximum Gasteiger partial charge on any atom is 0.252 e. The minimum absolute atomic E-state index is 0.184. The van der Waals surface area contributed by atoms with Crippen molar-refractivity contribution >= 4 is 79.0 Å². The van der Waals surface area contributed by atoms with E-state index in [0.29, 0.717) is 0 Å². The van der Waals surface area contributed by atoms with Crippen LogP contribution in [0.5, 0.6) is 0 Å². The Bertz CT molecular complexity index is 5790. The van der Waals surface area contributed by atoms with Gasteiger partial charge in [0.05, 0.1) is 27.8 Å². The van der Waals surface area contributed by atoms with Crippen molar-refractivity contribution < 1.29 is 0 Å². The molecule has 0 unspecified atom stereocenters. The molecule has 0 amide bonds. The Hall–Kier alpha value is -12.2. The zero-order chi connectivity index (χ0) is 69.3. The number of para-hydroxylation sites is 3. The highest BCUT2D eigenvalue weighted by atomic mass is 15.2. The molecule has 0 atom stereocenters. The lowest BCUT2D eigenvalue weighted by Gasteiger charge is -2.46. The van der Waals surface area contributed by atoms with Crippen LogP contribution in [-0.2, 0) is 16.2 Å². The van der Waals surface area contributed by atoms with Gasteiger partial charge in [-0.1, -0.05) is 339 Å². The molecule has 3 heterocycles. The van der Waals surface area contributed by atoms with Crippen molar-refractivity contribution in [3.63, 3.8) is 0 Å². The maximum absolute atomic E-state index is 2.75. The van der Waals surface area contributed by atoms with Crippen LogP contribution in [0.25, 0.3) is 94.3 Å². The standard InChI is InChI=1S/C99H76BN3/c1-97(2,3)72-55-58-89-86(63-72)100-85-57-56-74(101-87-53-29-26-45-78(87)79-46-27-30-54-88(79)101)64-90(85)103(96-81(67-37-17-9-18-38-67)61-73(98(4,5)6)62-82(96)68-39-19-10-20-40-68)92-60-69(59-91(94(92)100)102(89)95-76(65-33-13-7-14-34-65)49-31-50-77(95)66-35-15-8-16-36-66)75-48-32-52-84-93(75)80-47-25-28-51-83(80)99(84,70-41-21-11-22-42-70)71-43-23-12-24-44-71/h7-64H,1-6H3. The van der Waals surface area contributed by atoms with E-state index in [1.807, 2.05) is 0 Å². The molecule has 15 aromatic carbocycles. The van der Waals surface area contributed by atoms with E-state index in [0.717, 1.165) is 89.9 Å². The molecule has 3 nitrogen and oxygen atoms in total. The molecule has 0 bridgehead atoms. The van der Waals surface area contributed by atoms with Crippen molar-refractivity contribution in [2.45, 2.75) is 57.8 Å². The summed E-state index contributed by atoms with van der Waals surface area (Å²) < 4.78 is 2.51. The first-order valence-electron chi connectivity index (χ1n) is 36.3. The first kappa shape index (κ1) is 61.8. The van der Waals surface area contributed by atoms with E-state index in [9.17, 15) is 0 Å². The highest BCUT2D eigenvalue weighted by molar-refractivity contribution is 7.00. The molecule has 19 rings (SSSR count). The average molecular weight is 1320 g/mol. The monoisotopic (exact) mass is 1320 g/mol. The van der Waals surface area contributed by atoms with Gasteiger partial charge in [-0.2, -0.15) is 0 Å². The summed E-state index contributed by atoms with van der Waals surface area (Å²) in [4.78, 5) is 5.45. The predicted octanol–water partition coefficient (Wildman–Crippen LogP) is 24.2. The van der Waals surface area contributed by atoms with E-state index < -0.39 is 5.41 Å². The fourth-order valence-electron chi connectivity index (χ4n) is 17.6. The largest absolute Gasteiger partial charge is 0.310 e. The topological polar surface area (TPSA) is 11.4 Å². The minimum atomic E-state index is -0.634. The fourth-order valence-corrected chi connectivity index (χ4v) is 17.6. The number of anilines is 6. The summed E-state index contributed by atoms with van der Waals surface area (Å²) in [7, 11) is 0. The Kier molecular flexibility index (Phi) is 14.4. The third-order valence-corrected chi connectivity index (χ3v) is 22.3. The number of fused-ring (bicyclic) bond motifs is 10. The van der Waals surface area contributed by atoms with Crippen LogP contribution in [0.2, 0.25) is 0 Å². The van der Waals surface area contributed by atoms with Crippen LogP contribution in [-0.4, -0.2) is 11.3 Å². The first-order valence-corrected chi connectivity index (χ1v) is 36.3. The summed E-state index contributed by atoms with van der Waals surface area (Å²) in [6.45, 7) is 13.9. The smallest absolute Gasteiger partial charge is 0.252 e. The summed E-state index contributed by atoms with van der Waals surface area (Å²) in [6, 6.07) is 134. The molecule has 1 aromatic heterocycles. The molecule has 0 saturated carbocycles. The maximum atomic E-state index is 2.75. The molecule has 0 spiro atoms. The van der Waals surface area contributed by atoms with E-state index in [1.54, 1.807) is 0 Å². The third kappa shape index (κ3) is 9.72. The molecule has 0 N–H and O–H groups in total. The van der Waals surface area contributed by atoms with Crippen molar-refractivity contribution in [3.05, 3.63) is 385 Å². The van der Waals surface area contributed by atoms with Crippen LogP contribution in [0.15, 0.2) is 352 Å². The highest BCUT2D eigenvalue weighted by Gasteiger charge is 2.49. The molecule has 16 aromatic rings. The Labute approximate surface area is 605 Å². The van der Waals surface area contributed by atoms with E-state index >= 15 is 0 Å². The van der Waals surface area contributed by atoms with E-state index in [4.69, 9.17) is 0 Å². The van der Waals surface area contributed by atoms with Gasteiger partial charge in [0.1, 0.15) is 0 Å². The molecular weight excluding hydrogens is 1240 g/mol. The van der Waals surface area contributed by atoms with Crippen molar-refractivity contribution in [1.82, 2.24) is 4.57 Å². The lowest BCUT2D eigenvalue weighted by atomic mass is 9.33. The zero-order valence-electron chi connectivity index (χ0n) is 58.9. The third-order valence-electron chi connectivity index (χ3n) is 22.3. The molecule has 0 radical (unpaired) electrons. The van der Waals surface area contributed by atoms with Crippen molar-refractivity contribution in [3.8, 4) is 72.4 Å². The lowest BCUT2D eigenvalue weighted by Crippen LogP contribution is -2.61. The molecule has 103 heavy (non-hydrogen) atoms. The van der Waals surface area contributed by atoms with Gasteiger partial charge in [0, 0.05) is 61.5 Å². The minimum Gasteiger partial charge on any atom is -0.310 e. The molecule has 0 saturated heterocycles. The molecule has 3 aliphatic rings. The average Bonchev–Trinajstić information content (AvgIpc) is 1.63. The summed E-state index contributed by atoms with van der Waals surface area (Å²) in [5.74, 6) is 0. The molecule has 490 valence electrons. The predicted molar refractivity (Wildman–Crippen MR) is 437 cm³/mol. The quantitative estimate of drug-likeness (QED) is 0.126. The van der Waals surface area contributed by atoms with E-state index in [2.05, 4.69) is 408 Å². The second-order valence-corrected chi connectivity index (χ2v) is 30.3. The Morgan fingerprint density at radius 3 is 1.24 bits per heavy atom. The van der Waals surface area contributed by atoms with E-state index in [1.165, 1.54) is 88.3 Å². The molecular formula is C99H76BN3. The van der Waals surface area contributed by atoms with Crippen LogP contribution in [0, 0.1) is 0 Å². The number of hydrogen-bond acceptors (Lipinski definition) is 2. The van der Waals surface area contributed by atoms with Gasteiger partial charge in [-0.3, -0.25) is 0 Å². The first-order chi connectivity index (χ1) is 50.4. The molecule has 0 fully saturated rings. The van der Waals surface area contributed by atoms with Crippen LogP contribution in [0.1, 0.15) is 74.9 Å². The molecule has 2 aliphatic heterocycles. The van der Waals surface area contributed by atoms with Gasteiger partial charge >= 0.3 is 0 Å². The second-order valence-electron chi connectivity index (χ2n) is 30.3. The Morgan fingerprint density at radius 2 is 0.709 bits per heavy atom. The second kappa shape index (κ2) is 24.0. The number of hydrogen-bond donors (Lipinski definition) is 0. The van der Waals surface area contributed by atoms with Gasteiger partial charge in [0.15, 0.2) is 0 Å². The Balaban J connectivity index is 1.02. The summed E-state index contributed by atoms with van der Waals surface area (Å²) in [6.07, 6.45) is 0. The van der Waals surface area contributed by atoms with E-state index in [-0.39, 0.29) is 17.5 Å². The molecule has 4 heteroatoms. The van der Waals surface area contributed by atoms with Crippen molar-refractivity contribution in [2.24, 2.45) is 0 Å². The van der Waals surface area contributed by atoms with Gasteiger partial charge in [-0.25, -0.2) is 0 Å². The van der Waals surface area contributed by atoms with Crippen LogP contribution >= 0.6 is 0 Å². The summed E-state index contributed by atoms with van der Waals surface area (Å²) in [5.41, 5.74) is 34.4. The van der Waals surface area contributed by atoms with Gasteiger partial charge in [0.25, 0.3) is 6.71 Å². The van der Waals surface area contributed by atoms with Crippen LogP contribution in [0.4, 0.5) is 34.1 Å². The summed E-state index contributed by atoms with van der Waals surface area (Å²) >= 11 is 0. The number of benzene rings is 15. The van der Waals surface area contributed by atoms with Gasteiger partial charge in [-0.15, -0.1) is 0 Å². The lowest BCUT2D eigenvalue weighted by molar-refractivity contribution is 0.590. The van der Waals surface area contributed by atoms with Crippen molar-refractivity contribution in [1.29, 1.82) is 0 Å². The molecule has 1 aliphatic carbocycles. The number of nitrogens with zero attached hydrogens (tertiary/aromatic N) is 3. The SMILES string of the molecule is CC(C)(C)c1ccc2c(c1)B1c3ccc(-n4c5ccccc5c5ccccc54)cc3N(c3c(-c4ccccc4)cc(C(C)(C)C)cc3-c3ccccc3)c3cc(-c4cccc5c4-c4ccccc4C5(c4ccccc4)c4ccccc4)cc(c31)N2c1c(-c2ccccc2)cccc1-c1ccccc1. The zero-order valence-corrected chi connectivity index (χ0v) is 58.9. The van der Waals surface area contributed by atoms with Gasteiger partial charge < -0.3 is 14.4 Å². The number of aromatic nitrogens is 1.